The first kappa shape index (κ1) is 19.7. The summed E-state index contributed by atoms with van der Waals surface area (Å²) in [4.78, 5) is 25.4. The molecule has 0 fully saturated rings. The quantitative estimate of drug-likeness (QED) is 0.398. The Morgan fingerprint density at radius 3 is 2.62 bits per heavy atom. The van der Waals surface area contributed by atoms with Crippen molar-refractivity contribution >= 4 is 17.4 Å². The van der Waals surface area contributed by atoms with Gasteiger partial charge in [0.15, 0.2) is 11.7 Å². The fraction of sp³-hybridized carbons (Fsp3) is 0.120. The molecule has 2 aromatic carbocycles. The largest absolute Gasteiger partial charge is 0.441 e. The molecule has 0 radical (unpaired) electrons. The van der Waals surface area contributed by atoms with E-state index in [-0.39, 0.29) is 5.91 Å². The number of benzene rings is 2. The summed E-state index contributed by atoms with van der Waals surface area (Å²) in [6.07, 6.45) is 8.95. The first-order chi connectivity index (χ1) is 15.7. The lowest BCUT2D eigenvalue weighted by Crippen LogP contribution is -2.11. The third-order valence-corrected chi connectivity index (χ3v) is 5.11. The van der Waals surface area contributed by atoms with Crippen molar-refractivity contribution in [3.63, 3.8) is 0 Å². The Kier molecular flexibility index (Phi) is 5.45. The van der Waals surface area contributed by atoms with Crippen LogP contribution in [0.2, 0.25) is 0 Å². The predicted molar refractivity (Wildman–Crippen MR) is 122 cm³/mol. The van der Waals surface area contributed by atoms with E-state index in [4.69, 9.17) is 4.42 Å². The van der Waals surface area contributed by atoms with Gasteiger partial charge >= 0.3 is 0 Å². The molecule has 0 saturated heterocycles. The molecule has 7 heteroatoms. The third-order valence-electron chi connectivity index (χ3n) is 5.11. The van der Waals surface area contributed by atoms with E-state index in [9.17, 15) is 4.79 Å². The van der Waals surface area contributed by atoms with Crippen LogP contribution in [-0.2, 0) is 11.2 Å². The maximum atomic E-state index is 12.3. The smallest absolute Gasteiger partial charge is 0.234 e. The van der Waals surface area contributed by atoms with Crippen LogP contribution < -0.4 is 5.32 Å². The number of oxazole rings is 1. The molecule has 0 aliphatic carbocycles. The fourth-order valence-electron chi connectivity index (χ4n) is 3.48. The van der Waals surface area contributed by atoms with Gasteiger partial charge in [0.05, 0.1) is 11.9 Å². The molecule has 5 aromatic rings. The van der Waals surface area contributed by atoms with Gasteiger partial charge in [-0.05, 0) is 24.6 Å². The van der Waals surface area contributed by atoms with Crippen LogP contribution >= 0.6 is 0 Å². The van der Waals surface area contributed by atoms with Gasteiger partial charge in [-0.2, -0.15) is 0 Å². The number of aryl methyl sites for hydroxylation is 1. The van der Waals surface area contributed by atoms with Crippen LogP contribution in [0, 0.1) is 0 Å². The van der Waals surface area contributed by atoms with Crippen molar-refractivity contribution in [3.05, 3.63) is 91.3 Å². The molecule has 1 amide bonds. The highest BCUT2D eigenvalue weighted by Gasteiger charge is 2.09. The Labute approximate surface area is 184 Å². The number of hydrogen-bond donors (Lipinski definition) is 1. The zero-order valence-electron chi connectivity index (χ0n) is 17.3. The Morgan fingerprint density at radius 1 is 0.969 bits per heavy atom. The Hall–Kier alpha value is -4.26. The summed E-state index contributed by atoms with van der Waals surface area (Å²) in [5, 5.41) is 2.94. The average Bonchev–Trinajstić information content (AvgIpc) is 3.47. The first-order valence-electron chi connectivity index (χ1n) is 10.4. The Bertz CT molecular complexity index is 1310. The van der Waals surface area contributed by atoms with E-state index in [1.165, 1.54) is 0 Å². The molecule has 0 atom stereocenters. The van der Waals surface area contributed by atoms with Gasteiger partial charge in [-0.3, -0.25) is 9.20 Å². The van der Waals surface area contributed by atoms with Crippen molar-refractivity contribution in [3.8, 4) is 22.6 Å². The van der Waals surface area contributed by atoms with E-state index in [0.717, 1.165) is 28.3 Å². The summed E-state index contributed by atoms with van der Waals surface area (Å²) in [5.74, 6) is 2.00. The minimum absolute atomic E-state index is 0.0375. The lowest BCUT2D eigenvalue weighted by atomic mass is 10.1. The van der Waals surface area contributed by atoms with E-state index in [1.807, 2.05) is 77.5 Å². The highest BCUT2D eigenvalue weighted by atomic mass is 16.4. The molecule has 0 unspecified atom stereocenters. The van der Waals surface area contributed by atoms with E-state index >= 15 is 0 Å². The summed E-state index contributed by atoms with van der Waals surface area (Å²) in [5.41, 5.74) is 3.55. The number of imidazole rings is 1. The SMILES string of the molecule is O=C(CCCc1ncc(-c2ccccc2)o1)Nc1ccc(-c2cn3cccnc3n2)cc1. The van der Waals surface area contributed by atoms with E-state index in [0.29, 0.717) is 30.9 Å². The van der Waals surface area contributed by atoms with E-state index in [1.54, 1.807) is 12.4 Å². The first-order valence-corrected chi connectivity index (χ1v) is 10.4. The van der Waals surface area contributed by atoms with Crippen LogP contribution in [0.1, 0.15) is 18.7 Å². The number of anilines is 1. The molecule has 0 bridgehead atoms. The second kappa shape index (κ2) is 8.85. The molecule has 7 nitrogen and oxygen atoms in total. The minimum Gasteiger partial charge on any atom is -0.441 e. The molecular weight excluding hydrogens is 402 g/mol. The Balaban J connectivity index is 1.13. The van der Waals surface area contributed by atoms with Crippen molar-refractivity contribution in [1.29, 1.82) is 0 Å². The number of aromatic nitrogens is 4. The maximum absolute atomic E-state index is 12.3. The van der Waals surface area contributed by atoms with Gasteiger partial charge in [0.1, 0.15) is 0 Å². The van der Waals surface area contributed by atoms with E-state index in [2.05, 4.69) is 20.3 Å². The van der Waals surface area contributed by atoms with Gasteiger partial charge in [-0.25, -0.2) is 15.0 Å². The van der Waals surface area contributed by atoms with Crippen molar-refractivity contribution in [2.45, 2.75) is 19.3 Å². The summed E-state index contributed by atoms with van der Waals surface area (Å²) in [6, 6.07) is 19.3. The van der Waals surface area contributed by atoms with Crippen molar-refractivity contribution in [2.24, 2.45) is 0 Å². The standard InChI is InChI=1S/C25H21N5O2/c31-23(8-4-9-24-27-16-22(32-24)19-6-2-1-3-7-19)28-20-12-10-18(11-13-20)21-17-30-15-5-14-26-25(30)29-21/h1-3,5-7,10-17H,4,8-9H2,(H,28,31). The highest BCUT2D eigenvalue weighted by Crippen LogP contribution is 2.22. The van der Waals surface area contributed by atoms with Gasteiger partial charge in [0.2, 0.25) is 11.7 Å². The molecule has 3 heterocycles. The third kappa shape index (κ3) is 4.41. The number of carbonyl (C=O) groups is 1. The number of hydrogen-bond acceptors (Lipinski definition) is 5. The molecule has 5 rings (SSSR count). The van der Waals surface area contributed by atoms with Crippen molar-refractivity contribution in [1.82, 2.24) is 19.4 Å². The average molecular weight is 423 g/mol. The number of nitrogens with zero attached hydrogens (tertiary/aromatic N) is 4. The molecule has 1 N–H and O–H groups in total. The lowest BCUT2D eigenvalue weighted by molar-refractivity contribution is -0.116. The summed E-state index contributed by atoms with van der Waals surface area (Å²) in [6.45, 7) is 0. The van der Waals surface area contributed by atoms with Crippen LogP contribution in [0.15, 0.2) is 89.9 Å². The van der Waals surface area contributed by atoms with Gasteiger partial charge < -0.3 is 9.73 Å². The maximum Gasteiger partial charge on any atom is 0.234 e. The molecule has 158 valence electrons. The Morgan fingerprint density at radius 2 is 1.81 bits per heavy atom. The normalized spacial score (nSPS) is 11.0. The zero-order chi connectivity index (χ0) is 21.8. The minimum atomic E-state index is -0.0375. The number of nitrogens with one attached hydrogen (secondary N) is 1. The van der Waals surface area contributed by atoms with Gasteiger partial charge in [-0.15, -0.1) is 0 Å². The summed E-state index contributed by atoms with van der Waals surface area (Å²) in [7, 11) is 0. The van der Waals surface area contributed by atoms with E-state index < -0.39 is 0 Å². The molecule has 0 aliphatic rings. The molecule has 3 aromatic heterocycles. The second-order valence-electron chi connectivity index (χ2n) is 7.42. The monoisotopic (exact) mass is 423 g/mol. The molecular formula is C25H21N5O2. The van der Waals surface area contributed by atoms with Gasteiger partial charge in [-0.1, -0.05) is 42.5 Å². The molecule has 0 spiro atoms. The van der Waals surface area contributed by atoms with Gasteiger partial charge in [0.25, 0.3) is 0 Å². The predicted octanol–water partition coefficient (Wildman–Crippen LogP) is 5.01. The zero-order valence-corrected chi connectivity index (χ0v) is 17.3. The molecule has 0 aliphatic heterocycles. The number of amides is 1. The summed E-state index contributed by atoms with van der Waals surface area (Å²) < 4.78 is 7.67. The van der Waals surface area contributed by atoms with Crippen LogP contribution in [0.5, 0.6) is 0 Å². The summed E-state index contributed by atoms with van der Waals surface area (Å²) >= 11 is 0. The topological polar surface area (TPSA) is 85.3 Å². The number of rotatable bonds is 7. The van der Waals surface area contributed by atoms with Crippen LogP contribution in [0.3, 0.4) is 0 Å². The van der Waals surface area contributed by atoms with Crippen molar-refractivity contribution < 1.29 is 9.21 Å². The van der Waals surface area contributed by atoms with Gasteiger partial charge in [0, 0.05) is 48.2 Å². The fourth-order valence-corrected chi connectivity index (χ4v) is 3.48. The number of carbonyl (C=O) groups excluding carboxylic acids is 1. The van der Waals surface area contributed by atoms with Crippen molar-refractivity contribution in [2.75, 3.05) is 5.32 Å². The van der Waals surface area contributed by atoms with Crippen LogP contribution in [0.25, 0.3) is 28.4 Å². The number of fused-ring (bicyclic) bond motifs is 1. The van der Waals surface area contributed by atoms with Crippen LogP contribution in [0.4, 0.5) is 5.69 Å². The molecule has 32 heavy (non-hydrogen) atoms. The molecule has 0 saturated carbocycles. The van der Waals surface area contributed by atoms with Crippen LogP contribution in [-0.4, -0.2) is 25.3 Å². The second-order valence-corrected chi connectivity index (χ2v) is 7.42. The highest BCUT2D eigenvalue weighted by molar-refractivity contribution is 5.90. The lowest BCUT2D eigenvalue weighted by Gasteiger charge is -2.05.